The van der Waals surface area contributed by atoms with E-state index in [0.717, 1.165) is 12.1 Å². The lowest BCUT2D eigenvalue weighted by Gasteiger charge is -2.13. The fourth-order valence-electron chi connectivity index (χ4n) is 2.02. The van der Waals surface area contributed by atoms with E-state index in [9.17, 15) is 22.4 Å². The quantitative estimate of drug-likeness (QED) is 0.816. The highest BCUT2D eigenvalue weighted by atomic mass is 19.4. The number of halogens is 4. The number of hydrogen-bond donors (Lipinski definition) is 2. The van der Waals surface area contributed by atoms with Gasteiger partial charge in [-0.25, -0.2) is 4.39 Å². The van der Waals surface area contributed by atoms with Gasteiger partial charge in [0.05, 0.1) is 0 Å². The zero-order valence-corrected chi connectivity index (χ0v) is 11.5. The number of alkyl halides is 3. The summed E-state index contributed by atoms with van der Waals surface area (Å²) in [6, 6.07) is 5.78. The highest BCUT2D eigenvalue weighted by Gasteiger charge is 2.33. The van der Waals surface area contributed by atoms with Crippen LogP contribution in [0, 0.1) is 28.5 Å². The first-order chi connectivity index (χ1) is 11.2. The van der Waals surface area contributed by atoms with E-state index < -0.39 is 51.6 Å². The van der Waals surface area contributed by atoms with Crippen LogP contribution in [0.5, 0.6) is 5.75 Å². The molecule has 0 fully saturated rings. The smallest absolute Gasteiger partial charge is 0.403 e. The lowest BCUT2D eigenvalue weighted by molar-refractivity contribution is -0.275. The van der Waals surface area contributed by atoms with Gasteiger partial charge in [-0.05, 0) is 6.07 Å². The number of H-pyrrole nitrogens is 1. The first-order valence-corrected chi connectivity index (χ1v) is 6.10. The van der Waals surface area contributed by atoms with Crippen molar-refractivity contribution >= 4 is 5.82 Å². The van der Waals surface area contributed by atoms with Gasteiger partial charge in [0.2, 0.25) is 0 Å². The van der Waals surface area contributed by atoms with Crippen LogP contribution in [0.25, 0.3) is 11.1 Å². The third-order valence-corrected chi connectivity index (χ3v) is 2.93. The third-order valence-electron chi connectivity index (χ3n) is 2.93. The van der Waals surface area contributed by atoms with Crippen LogP contribution in [0.15, 0.2) is 23.0 Å². The van der Waals surface area contributed by atoms with E-state index in [1.165, 1.54) is 6.07 Å². The summed E-state index contributed by atoms with van der Waals surface area (Å²) in [5.41, 5.74) is 2.24. The van der Waals surface area contributed by atoms with Gasteiger partial charge in [0, 0.05) is 11.1 Å². The standard InChI is InChI=1S/C14H6F4N4O2/c15-11-6(2-1-3-9(11)24-14(16,17)18)10-7(4-19)12(21)22-13(23)8(10)5-20/h1-3H,(H3,21,22,23). The normalized spacial score (nSPS) is 10.8. The van der Waals surface area contributed by atoms with Crippen molar-refractivity contribution in [3.63, 3.8) is 0 Å². The summed E-state index contributed by atoms with van der Waals surface area (Å²) >= 11 is 0. The van der Waals surface area contributed by atoms with E-state index >= 15 is 0 Å². The van der Waals surface area contributed by atoms with Gasteiger partial charge in [-0.15, -0.1) is 13.2 Å². The summed E-state index contributed by atoms with van der Waals surface area (Å²) in [6.07, 6.45) is -5.15. The van der Waals surface area contributed by atoms with Crippen LogP contribution >= 0.6 is 0 Å². The first kappa shape index (κ1) is 16.8. The maximum absolute atomic E-state index is 14.4. The van der Waals surface area contributed by atoms with Crippen LogP contribution in [-0.4, -0.2) is 11.3 Å². The molecule has 0 atom stereocenters. The van der Waals surface area contributed by atoms with Gasteiger partial charge in [0.1, 0.15) is 29.1 Å². The Morgan fingerprint density at radius 3 is 2.33 bits per heavy atom. The number of nitrogens with one attached hydrogen (secondary N) is 1. The molecular formula is C14H6F4N4O2. The molecule has 1 aromatic carbocycles. The molecule has 0 aliphatic rings. The topological polar surface area (TPSA) is 116 Å². The summed E-state index contributed by atoms with van der Waals surface area (Å²) in [7, 11) is 0. The van der Waals surface area contributed by atoms with Crippen LogP contribution in [0.4, 0.5) is 23.4 Å². The second-order valence-corrected chi connectivity index (χ2v) is 4.38. The number of pyridine rings is 1. The lowest BCUT2D eigenvalue weighted by Crippen LogP contribution is -2.19. The van der Waals surface area contributed by atoms with E-state index in [1.54, 1.807) is 6.07 Å². The molecule has 0 bridgehead atoms. The summed E-state index contributed by atoms with van der Waals surface area (Å²) in [6.45, 7) is 0. The minimum absolute atomic E-state index is 0.446. The van der Waals surface area contributed by atoms with E-state index in [-0.39, 0.29) is 0 Å². The lowest BCUT2D eigenvalue weighted by atomic mass is 9.96. The van der Waals surface area contributed by atoms with Crippen molar-refractivity contribution in [2.24, 2.45) is 0 Å². The van der Waals surface area contributed by atoms with Gasteiger partial charge in [0.15, 0.2) is 11.6 Å². The summed E-state index contributed by atoms with van der Waals surface area (Å²) in [5.74, 6) is -3.11. The second-order valence-electron chi connectivity index (χ2n) is 4.38. The van der Waals surface area contributed by atoms with Crippen LogP contribution < -0.4 is 16.0 Å². The number of anilines is 1. The molecular weight excluding hydrogens is 332 g/mol. The SMILES string of the molecule is N#Cc1c(N)[nH]c(=O)c(C#N)c1-c1cccc(OC(F)(F)F)c1F. The van der Waals surface area contributed by atoms with Gasteiger partial charge in [-0.2, -0.15) is 10.5 Å². The second kappa shape index (κ2) is 5.93. The number of nitrogen functional groups attached to an aromatic ring is 1. The van der Waals surface area contributed by atoms with Crippen molar-refractivity contribution in [1.29, 1.82) is 10.5 Å². The Morgan fingerprint density at radius 2 is 1.79 bits per heavy atom. The molecule has 2 rings (SSSR count). The van der Waals surface area contributed by atoms with Gasteiger partial charge in [-0.3, -0.25) is 4.79 Å². The summed E-state index contributed by atoms with van der Waals surface area (Å²) in [5, 5.41) is 18.2. The predicted molar refractivity (Wildman–Crippen MR) is 73.0 cm³/mol. The molecule has 1 heterocycles. The maximum atomic E-state index is 14.4. The molecule has 0 radical (unpaired) electrons. The number of benzene rings is 1. The molecule has 2 aromatic rings. The Morgan fingerprint density at radius 1 is 1.17 bits per heavy atom. The summed E-state index contributed by atoms with van der Waals surface area (Å²) in [4.78, 5) is 13.8. The largest absolute Gasteiger partial charge is 0.573 e. The van der Waals surface area contributed by atoms with Crippen LogP contribution in [0.3, 0.4) is 0 Å². The zero-order chi connectivity index (χ0) is 18.1. The molecule has 6 nitrogen and oxygen atoms in total. The molecule has 10 heteroatoms. The third kappa shape index (κ3) is 2.98. The molecule has 122 valence electrons. The number of nitriles is 2. The molecule has 3 N–H and O–H groups in total. The highest BCUT2D eigenvalue weighted by molar-refractivity contribution is 5.81. The van der Waals surface area contributed by atoms with Gasteiger partial charge in [0.25, 0.3) is 5.56 Å². The Labute approximate surface area is 131 Å². The molecule has 0 aliphatic carbocycles. The Balaban J connectivity index is 2.84. The number of nitrogens with two attached hydrogens (primary N) is 1. The fraction of sp³-hybridized carbons (Fsp3) is 0.0714. The molecule has 0 saturated heterocycles. The number of aromatic nitrogens is 1. The number of nitrogens with zero attached hydrogens (tertiary/aromatic N) is 2. The van der Waals surface area contributed by atoms with Crippen molar-refractivity contribution in [1.82, 2.24) is 4.98 Å². The van der Waals surface area contributed by atoms with E-state index in [4.69, 9.17) is 16.3 Å². The minimum atomic E-state index is -5.15. The molecule has 24 heavy (non-hydrogen) atoms. The monoisotopic (exact) mass is 338 g/mol. The number of hydrogen-bond acceptors (Lipinski definition) is 5. The van der Waals surface area contributed by atoms with Crippen LogP contribution in [0.1, 0.15) is 11.1 Å². The van der Waals surface area contributed by atoms with E-state index in [0.29, 0.717) is 6.07 Å². The Hall–Kier alpha value is -3.53. The average Bonchev–Trinajstić information content (AvgIpc) is 2.47. The number of aromatic amines is 1. The minimum Gasteiger partial charge on any atom is -0.403 e. The molecule has 0 spiro atoms. The molecule has 0 aliphatic heterocycles. The number of rotatable bonds is 2. The van der Waals surface area contributed by atoms with Gasteiger partial charge >= 0.3 is 6.36 Å². The predicted octanol–water partition coefficient (Wildman–Crippen LogP) is 2.41. The Bertz CT molecular complexity index is 951. The van der Waals surface area contributed by atoms with E-state index in [1.807, 2.05) is 4.98 Å². The molecule has 0 unspecified atom stereocenters. The summed E-state index contributed by atoms with van der Waals surface area (Å²) < 4.78 is 54.9. The Kier molecular flexibility index (Phi) is 4.16. The van der Waals surface area contributed by atoms with Gasteiger partial charge in [-0.1, -0.05) is 12.1 Å². The van der Waals surface area contributed by atoms with Crippen molar-refractivity contribution in [3.8, 4) is 29.0 Å². The van der Waals surface area contributed by atoms with Crippen molar-refractivity contribution in [2.45, 2.75) is 6.36 Å². The molecule has 0 saturated carbocycles. The highest BCUT2D eigenvalue weighted by Crippen LogP contribution is 2.35. The van der Waals surface area contributed by atoms with Gasteiger partial charge < -0.3 is 15.5 Å². The molecule has 0 amide bonds. The van der Waals surface area contributed by atoms with Crippen LogP contribution in [-0.2, 0) is 0 Å². The van der Waals surface area contributed by atoms with E-state index in [2.05, 4.69) is 4.74 Å². The van der Waals surface area contributed by atoms with Crippen molar-refractivity contribution in [2.75, 3.05) is 5.73 Å². The average molecular weight is 338 g/mol. The molecule has 1 aromatic heterocycles. The van der Waals surface area contributed by atoms with Crippen molar-refractivity contribution < 1.29 is 22.3 Å². The number of ether oxygens (including phenoxy) is 1. The van der Waals surface area contributed by atoms with Crippen molar-refractivity contribution in [3.05, 3.63) is 45.5 Å². The zero-order valence-electron chi connectivity index (χ0n) is 11.5. The fourth-order valence-corrected chi connectivity index (χ4v) is 2.02. The first-order valence-electron chi connectivity index (χ1n) is 6.10. The van der Waals surface area contributed by atoms with Crippen LogP contribution in [0.2, 0.25) is 0 Å². The maximum Gasteiger partial charge on any atom is 0.573 e.